The highest BCUT2D eigenvalue weighted by atomic mass is 16.5. The van der Waals surface area contributed by atoms with Gasteiger partial charge in [-0.05, 0) is 24.7 Å². The summed E-state index contributed by atoms with van der Waals surface area (Å²) >= 11 is 0. The van der Waals surface area contributed by atoms with Gasteiger partial charge in [0.2, 0.25) is 0 Å². The summed E-state index contributed by atoms with van der Waals surface area (Å²) < 4.78 is 5.15. The zero-order chi connectivity index (χ0) is 11.5. The van der Waals surface area contributed by atoms with Crippen molar-refractivity contribution in [2.45, 2.75) is 5.92 Å². The second-order valence-corrected chi connectivity index (χ2v) is 4.54. The van der Waals surface area contributed by atoms with E-state index >= 15 is 0 Å². The maximum absolute atomic E-state index is 9.36. The first-order valence-corrected chi connectivity index (χ1v) is 5.68. The average molecular weight is 221 g/mol. The molecular weight excluding hydrogens is 202 g/mol. The van der Waals surface area contributed by atoms with Crippen molar-refractivity contribution in [2.75, 3.05) is 33.9 Å². The molecule has 0 aromatic heterocycles. The summed E-state index contributed by atoms with van der Waals surface area (Å²) in [7, 11) is 3.78. The fraction of sp³-hybridized carbons (Fsp3) is 0.538. The van der Waals surface area contributed by atoms with Gasteiger partial charge in [0.25, 0.3) is 0 Å². The highest BCUT2D eigenvalue weighted by Gasteiger charge is 2.31. The molecule has 1 heterocycles. The van der Waals surface area contributed by atoms with Crippen molar-refractivity contribution in [1.82, 2.24) is 4.90 Å². The van der Waals surface area contributed by atoms with Crippen LogP contribution >= 0.6 is 0 Å². The molecule has 3 nitrogen and oxygen atoms in total. The smallest absolute Gasteiger partial charge is 0.118 e. The van der Waals surface area contributed by atoms with Gasteiger partial charge in [0.1, 0.15) is 5.75 Å². The van der Waals surface area contributed by atoms with E-state index in [0.29, 0.717) is 11.8 Å². The van der Waals surface area contributed by atoms with Gasteiger partial charge in [0.15, 0.2) is 0 Å². The molecule has 1 aliphatic rings. The van der Waals surface area contributed by atoms with Gasteiger partial charge in [0, 0.05) is 31.5 Å². The second kappa shape index (κ2) is 4.85. The Morgan fingerprint density at radius 3 is 2.56 bits per heavy atom. The van der Waals surface area contributed by atoms with Gasteiger partial charge in [-0.25, -0.2) is 0 Å². The Morgan fingerprint density at radius 2 is 2.00 bits per heavy atom. The van der Waals surface area contributed by atoms with Crippen LogP contribution in [0.5, 0.6) is 5.75 Å². The van der Waals surface area contributed by atoms with Crippen LogP contribution in [-0.4, -0.2) is 43.9 Å². The first-order valence-electron chi connectivity index (χ1n) is 5.68. The molecule has 0 bridgehead atoms. The molecule has 1 aromatic rings. The van der Waals surface area contributed by atoms with Gasteiger partial charge in [0.05, 0.1) is 7.11 Å². The van der Waals surface area contributed by atoms with Crippen LogP contribution in [0.1, 0.15) is 11.5 Å². The lowest BCUT2D eigenvalue weighted by Crippen LogP contribution is -2.15. The van der Waals surface area contributed by atoms with E-state index in [9.17, 15) is 5.11 Å². The van der Waals surface area contributed by atoms with Crippen LogP contribution in [0.2, 0.25) is 0 Å². The maximum Gasteiger partial charge on any atom is 0.118 e. The van der Waals surface area contributed by atoms with E-state index in [1.807, 2.05) is 12.1 Å². The molecule has 0 radical (unpaired) electrons. The SMILES string of the molecule is COc1ccc([C@@H]2CN(C)C[C@@H]2CO)cc1. The van der Waals surface area contributed by atoms with Crippen molar-refractivity contribution in [1.29, 1.82) is 0 Å². The fourth-order valence-corrected chi connectivity index (χ4v) is 2.50. The summed E-state index contributed by atoms with van der Waals surface area (Å²) in [6.07, 6.45) is 0. The van der Waals surface area contributed by atoms with Crippen molar-refractivity contribution >= 4 is 0 Å². The Bertz CT molecular complexity index is 336. The van der Waals surface area contributed by atoms with Crippen LogP contribution in [0.4, 0.5) is 0 Å². The lowest BCUT2D eigenvalue weighted by Gasteiger charge is -2.16. The number of likely N-dealkylation sites (N-methyl/N-ethyl adjacent to an activating group) is 1. The van der Waals surface area contributed by atoms with Gasteiger partial charge in [-0.15, -0.1) is 0 Å². The Hall–Kier alpha value is -1.06. The van der Waals surface area contributed by atoms with E-state index in [0.717, 1.165) is 18.8 Å². The average Bonchev–Trinajstić information content (AvgIpc) is 2.70. The third kappa shape index (κ3) is 2.20. The molecule has 3 heteroatoms. The number of hydrogen-bond donors (Lipinski definition) is 1. The number of methoxy groups -OCH3 is 1. The van der Waals surface area contributed by atoms with Crippen molar-refractivity contribution in [3.8, 4) is 5.75 Å². The normalized spacial score (nSPS) is 25.9. The van der Waals surface area contributed by atoms with Crippen LogP contribution in [0.15, 0.2) is 24.3 Å². The predicted molar refractivity (Wildman–Crippen MR) is 63.8 cm³/mol. The molecule has 0 unspecified atom stereocenters. The van der Waals surface area contributed by atoms with Crippen LogP contribution in [-0.2, 0) is 0 Å². The lowest BCUT2D eigenvalue weighted by atomic mass is 9.89. The summed E-state index contributed by atoms with van der Waals surface area (Å²) in [5, 5.41) is 9.36. The van der Waals surface area contributed by atoms with Crippen LogP contribution in [0.25, 0.3) is 0 Å². The Labute approximate surface area is 96.6 Å². The summed E-state index contributed by atoms with van der Waals surface area (Å²) in [6.45, 7) is 2.27. The number of nitrogens with zero attached hydrogens (tertiary/aromatic N) is 1. The molecule has 16 heavy (non-hydrogen) atoms. The Kier molecular flexibility index (Phi) is 3.46. The van der Waals surface area contributed by atoms with Crippen LogP contribution in [0.3, 0.4) is 0 Å². The summed E-state index contributed by atoms with van der Waals surface area (Å²) in [5.74, 6) is 1.69. The lowest BCUT2D eigenvalue weighted by molar-refractivity contribution is 0.219. The van der Waals surface area contributed by atoms with E-state index in [-0.39, 0.29) is 6.61 Å². The highest BCUT2D eigenvalue weighted by Crippen LogP contribution is 2.32. The molecule has 1 N–H and O–H groups in total. The molecule has 1 aliphatic heterocycles. The zero-order valence-corrected chi connectivity index (χ0v) is 9.89. The van der Waals surface area contributed by atoms with E-state index in [2.05, 4.69) is 24.1 Å². The van der Waals surface area contributed by atoms with E-state index in [4.69, 9.17) is 4.74 Å². The van der Waals surface area contributed by atoms with Gasteiger partial charge >= 0.3 is 0 Å². The maximum atomic E-state index is 9.36. The zero-order valence-electron chi connectivity index (χ0n) is 9.89. The molecule has 2 rings (SSSR count). The fourth-order valence-electron chi connectivity index (χ4n) is 2.50. The molecule has 1 fully saturated rings. The highest BCUT2D eigenvalue weighted by molar-refractivity contribution is 5.30. The quantitative estimate of drug-likeness (QED) is 0.836. The van der Waals surface area contributed by atoms with Crippen molar-refractivity contribution < 1.29 is 9.84 Å². The summed E-state index contributed by atoms with van der Waals surface area (Å²) in [6, 6.07) is 8.18. The first-order chi connectivity index (χ1) is 7.74. The molecule has 88 valence electrons. The van der Waals surface area contributed by atoms with Gasteiger partial charge in [-0.1, -0.05) is 12.1 Å². The molecule has 0 amide bonds. The van der Waals surface area contributed by atoms with Crippen molar-refractivity contribution in [2.24, 2.45) is 5.92 Å². The first kappa shape index (κ1) is 11.4. The number of benzene rings is 1. The minimum atomic E-state index is 0.265. The minimum absolute atomic E-state index is 0.265. The number of aliphatic hydroxyl groups excluding tert-OH is 1. The van der Waals surface area contributed by atoms with E-state index in [1.54, 1.807) is 7.11 Å². The molecule has 1 aromatic carbocycles. The minimum Gasteiger partial charge on any atom is -0.497 e. The molecule has 1 saturated heterocycles. The van der Waals surface area contributed by atoms with E-state index < -0.39 is 0 Å². The molecule has 0 spiro atoms. The topological polar surface area (TPSA) is 32.7 Å². The Balaban J connectivity index is 2.16. The van der Waals surface area contributed by atoms with Crippen molar-refractivity contribution in [3.05, 3.63) is 29.8 Å². The molecular formula is C13H19NO2. The summed E-state index contributed by atoms with van der Waals surface area (Å²) in [5.41, 5.74) is 1.30. The van der Waals surface area contributed by atoms with Crippen molar-refractivity contribution in [3.63, 3.8) is 0 Å². The number of aliphatic hydroxyl groups is 1. The molecule has 2 atom stereocenters. The third-order valence-electron chi connectivity index (χ3n) is 3.40. The predicted octanol–water partition coefficient (Wildman–Crippen LogP) is 1.33. The number of ether oxygens (including phenoxy) is 1. The Morgan fingerprint density at radius 1 is 1.31 bits per heavy atom. The summed E-state index contributed by atoms with van der Waals surface area (Å²) in [4.78, 5) is 2.27. The standard InChI is InChI=1S/C13H19NO2/c1-14-7-11(9-15)13(8-14)10-3-5-12(16-2)6-4-10/h3-6,11,13,15H,7-9H2,1-2H3/t11-,13+/m1/s1. The second-order valence-electron chi connectivity index (χ2n) is 4.54. The van der Waals surface area contributed by atoms with Gasteiger partial charge in [-0.3, -0.25) is 0 Å². The van der Waals surface area contributed by atoms with Gasteiger partial charge in [-0.2, -0.15) is 0 Å². The number of rotatable bonds is 3. The number of hydrogen-bond acceptors (Lipinski definition) is 3. The van der Waals surface area contributed by atoms with Crippen LogP contribution < -0.4 is 4.74 Å². The van der Waals surface area contributed by atoms with Crippen LogP contribution in [0, 0.1) is 5.92 Å². The molecule has 0 saturated carbocycles. The third-order valence-corrected chi connectivity index (χ3v) is 3.40. The monoisotopic (exact) mass is 221 g/mol. The number of likely N-dealkylation sites (tertiary alicyclic amines) is 1. The largest absolute Gasteiger partial charge is 0.497 e. The molecule has 0 aliphatic carbocycles. The van der Waals surface area contributed by atoms with E-state index in [1.165, 1.54) is 5.56 Å². The van der Waals surface area contributed by atoms with Gasteiger partial charge < -0.3 is 14.7 Å².